The summed E-state index contributed by atoms with van der Waals surface area (Å²) in [6.45, 7) is 6.49. The molecule has 0 spiro atoms. The van der Waals surface area contributed by atoms with Crippen molar-refractivity contribution < 1.29 is 4.42 Å². The van der Waals surface area contributed by atoms with E-state index in [9.17, 15) is 0 Å². The zero-order valence-electron chi connectivity index (χ0n) is 12.2. The SMILES string of the molecule is CC(C)CNCCc1ncc(C2CC3CCC2C3)o1. The molecule has 0 amide bonds. The van der Waals surface area contributed by atoms with Crippen LogP contribution in [0, 0.1) is 17.8 Å². The molecular formula is C16H26N2O. The number of nitrogens with one attached hydrogen (secondary N) is 1. The van der Waals surface area contributed by atoms with Gasteiger partial charge >= 0.3 is 0 Å². The Morgan fingerprint density at radius 2 is 2.26 bits per heavy atom. The number of rotatable bonds is 6. The molecule has 0 aromatic carbocycles. The molecule has 2 saturated carbocycles. The van der Waals surface area contributed by atoms with Gasteiger partial charge in [0, 0.05) is 18.9 Å². The topological polar surface area (TPSA) is 38.1 Å². The molecule has 0 saturated heterocycles. The second kappa shape index (κ2) is 5.66. The van der Waals surface area contributed by atoms with Crippen LogP contribution < -0.4 is 5.32 Å². The number of fused-ring (bicyclic) bond motifs is 2. The van der Waals surface area contributed by atoms with Crippen LogP contribution in [0.25, 0.3) is 0 Å². The van der Waals surface area contributed by atoms with E-state index in [-0.39, 0.29) is 0 Å². The highest BCUT2D eigenvalue weighted by atomic mass is 16.4. The van der Waals surface area contributed by atoms with Gasteiger partial charge in [0.2, 0.25) is 0 Å². The predicted octanol–water partition coefficient (Wildman–Crippen LogP) is 3.37. The molecule has 19 heavy (non-hydrogen) atoms. The van der Waals surface area contributed by atoms with Gasteiger partial charge in [-0.25, -0.2) is 4.98 Å². The Morgan fingerprint density at radius 3 is 2.95 bits per heavy atom. The number of aromatic nitrogens is 1. The highest BCUT2D eigenvalue weighted by Gasteiger charge is 2.41. The monoisotopic (exact) mass is 262 g/mol. The van der Waals surface area contributed by atoms with Crippen LogP contribution in [0.4, 0.5) is 0 Å². The summed E-state index contributed by atoms with van der Waals surface area (Å²) >= 11 is 0. The van der Waals surface area contributed by atoms with Crippen LogP contribution in [-0.4, -0.2) is 18.1 Å². The third-order valence-corrected chi connectivity index (χ3v) is 4.74. The predicted molar refractivity (Wildman–Crippen MR) is 76.1 cm³/mol. The molecular weight excluding hydrogens is 236 g/mol. The van der Waals surface area contributed by atoms with E-state index < -0.39 is 0 Å². The third kappa shape index (κ3) is 3.02. The quantitative estimate of drug-likeness (QED) is 0.799. The molecule has 1 aromatic heterocycles. The van der Waals surface area contributed by atoms with Gasteiger partial charge in [-0.05, 0) is 43.6 Å². The van der Waals surface area contributed by atoms with E-state index in [2.05, 4.69) is 24.1 Å². The summed E-state index contributed by atoms with van der Waals surface area (Å²) in [6.07, 6.45) is 8.51. The highest BCUT2D eigenvalue weighted by Crippen LogP contribution is 2.52. The van der Waals surface area contributed by atoms with Gasteiger partial charge in [0.15, 0.2) is 5.89 Å². The molecule has 2 fully saturated rings. The lowest BCUT2D eigenvalue weighted by molar-refractivity contribution is 0.343. The zero-order chi connectivity index (χ0) is 13.2. The lowest BCUT2D eigenvalue weighted by Gasteiger charge is -2.18. The highest BCUT2D eigenvalue weighted by molar-refractivity contribution is 5.10. The number of nitrogens with zero attached hydrogens (tertiary/aromatic N) is 1. The Balaban J connectivity index is 1.49. The van der Waals surface area contributed by atoms with Gasteiger partial charge < -0.3 is 9.73 Å². The van der Waals surface area contributed by atoms with Crippen molar-refractivity contribution in [2.24, 2.45) is 17.8 Å². The lowest BCUT2D eigenvalue weighted by atomic mass is 9.87. The van der Waals surface area contributed by atoms with Crippen molar-refractivity contribution in [1.82, 2.24) is 10.3 Å². The molecule has 3 nitrogen and oxygen atoms in total. The van der Waals surface area contributed by atoms with E-state index >= 15 is 0 Å². The van der Waals surface area contributed by atoms with Crippen LogP contribution in [-0.2, 0) is 6.42 Å². The molecule has 1 heterocycles. The first-order chi connectivity index (χ1) is 9.22. The Morgan fingerprint density at radius 1 is 1.37 bits per heavy atom. The number of hydrogen-bond donors (Lipinski definition) is 1. The first kappa shape index (κ1) is 13.2. The van der Waals surface area contributed by atoms with Crippen LogP contribution in [0.3, 0.4) is 0 Å². The van der Waals surface area contributed by atoms with Crippen molar-refractivity contribution in [3.8, 4) is 0 Å². The summed E-state index contributed by atoms with van der Waals surface area (Å²) in [6, 6.07) is 0. The summed E-state index contributed by atoms with van der Waals surface area (Å²) in [5.74, 6) is 5.29. The minimum absolute atomic E-state index is 0.670. The van der Waals surface area contributed by atoms with E-state index in [0.29, 0.717) is 11.8 Å². The van der Waals surface area contributed by atoms with E-state index in [0.717, 1.165) is 43.0 Å². The van der Waals surface area contributed by atoms with E-state index in [1.54, 1.807) is 0 Å². The van der Waals surface area contributed by atoms with Crippen LogP contribution in [0.2, 0.25) is 0 Å². The fourth-order valence-electron chi connectivity index (χ4n) is 3.79. The van der Waals surface area contributed by atoms with Crippen molar-refractivity contribution in [3.63, 3.8) is 0 Å². The van der Waals surface area contributed by atoms with Crippen molar-refractivity contribution in [2.75, 3.05) is 13.1 Å². The van der Waals surface area contributed by atoms with E-state index in [4.69, 9.17) is 4.42 Å². The summed E-state index contributed by atoms with van der Waals surface area (Å²) in [5, 5.41) is 3.44. The minimum Gasteiger partial charge on any atom is -0.445 e. The van der Waals surface area contributed by atoms with Gasteiger partial charge in [-0.2, -0.15) is 0 Å². The first-order valence-electron chi connectivity index (χ1n) is 7.87. The maximum absolute atomic E-state index is 5.98. The van der Waals surface area contributed by atoms with Gasteiger partial charge in [-0.3, -0.25) is 0 Å². The summed E-state index contributed by atoms with van der Waals surface area (Å²) in [7, 11) is 0. The summed E-state index contributed by atoms with van der Waals surface area (Å²) < 4.78 is 5.98. The van der Waals surface area contributed by atoms with E-state index in [1.165, 1.54) is 25.7 Å². The number of oxazole rings is 1. The van der Waals surface area contributed by atoms with Gasteiger partial charge in [-0.1, -0.05) is 20.3 Å². The average Bonchev–Trinajstić information content (AvgIpc) is 3.09. The molecule has 3 atom stereocenters. The van der Waals surface area contributed by atoms with Gasteiger partial charge in [-0.15, -0.1) is 0 Å². The van der Waals surface area contributed by atoms with Gasteiger partial charge in [0.1, 0.15) is 5.76 Å². The standard InChI is InChI=1S/C16H26N2O/c1-11(2)9-17-6-5-16-18-10-15(19-16)14-8-12-3-4-13(14)7-12/h10-14,17H,3-9H2,1-2H3. The molecule has 2 aliphatic carbocycles. The maximum Gasteiger partial charge on any atom is 0.195 e. The van der Waals surface area contributed by atoms with Crippen LogP contribution in [0.5, 0.6) is 0 Å². The van der Waals surface area contributed by atoms with Crippen LogP contribution in [0.1, 0.15) is 57.1 Å². The molecule has 1 N–H and O–H groups in total. The van der Waals surface area contributed by atoms with E-state index in [1.807, 2.05) is 6.20 Å². The fraction of sp³-hybridized carbons (Fsp3) is 0.812. The van der Waals surface area contributed by atoms with Gasteiger partial charge in [0.25, 0.3) is 0 Å². The molecule has 3 unspecified atom stereocenters. The van der Waals surface area contributed by atoms with Crippen molar-refractivity contribution in [1.29, 1.82) is 0 Å². The second-order valence-corrected chi connectivity index (χ2v) is 6.79. The molecule has 0 aliphatic heterocycles. The molecule has 3 heteroatoms. The molecule has 2 bridgehead atoms. The smallest absolute Gasteiger partial charge is 0.195 e. The Hall–Kier alpha value is -0.830. The number of hydrogen-bond acceptors (Lipinski definition) is 3. The first-order valence-corrected chi connectivity index (χ1v) is 7.87. The molecule has 106 valence electrons. The fourth-order valence-corrected chi connectivity index (χ4v) is 3.79. The Bertz CT molecular complexity index is 413. The zero-order valence-corrected chi connectivity index (χ0v) is 12.2. The van der Waals surface area contributed by atoms with Gasteiger partial charge in [0.05, 0.1) is 6.20 Å². The largest absolute Gasteiger partial charge is 0.445 e. The summed E-state index contributed by atoms with van der Waals surface area (Å²) in [5.41, 5.74) is 0. The van der Waals surface area contributed by atoms with Crippen molar-refractivity contribution in [3.05, 3.63) is 17.8 Å². The van der Waals surface area contributed by atoms with Crippen LogP contribution in [0.15, 0.2) is 10.6 Å². The Kier molecular flexibility index (Phi) is 3.92. The molecule has 1 aromatic rings. The summed E-state index contributed by atoms with van der Waals surface area (Å²) in [4.78, 5) is 4.45. The molecule has 2 aliphatic rings. The molecule has 3 rings (SSSR count). The minimum atomic E-state index is 0.670. The lowest BCUT2D eigenvalue weighted by Crippen LogP contribution is -2.22. The van der Waals surface area contributed by atoms with Crippen LogP contribution >= 0.6 is 0 Å². The normalized spacial score (nSPS) is 29.5. The average molecular weight is 262 g/mol. The second-order valence-electron chi connectivity index (χ2n) is 6.79. The third-order valence-electron chi connectivity index (χ3n) is 4.74. The van der Waals surface area contributed by atoms with Crippen molar-refractivity contribution >= 4 is 0 Å². The molecule has 0 radical (unpaired) electrons. The van der Waals surface area contributed by atoms with Crippen molar-refractivity contribution in [2.45, 2.75) is 51.9 Å². The Labute approximate surface area is 116 Å². The maximum atomic E-state index is 5.98.